The van der Waals surface area contributed by atoms with Gasteiger partial charge in [0.2, 0.25) is 0 Å². The number of thiol groups is 1. The van der Waals surface area contributed by atoms with Crippen LogP contribution in [0.2, 0.25) is 0 Å². The molecule has 17 nitrogen and oxygen atoms in total. The van der Waals surface area contributed by atoms with Crippen molar-refractivity contribution >= 4 is 71.2 Å². The predicted molar refractivity (Wildman–Crippen MR) is 155 cm³/mol. The van der Waals surface area contributed by atoms with Crippen molar-refractivity contribution in [3.05, 3.63) is 25.3 Å². The molecule has 10 atom stereocenters. The topological polar surface area (TPSA) is 231 Å². The molecule has 0 aromatic carbocycles. The number of ether oxygens (including phenoxy) is 1. The second-order valence-corrected chi connectivity index (χ2v) is 17.1. The molecule has 0 spiro atoms. The second-order valence-electron chi connectivity index (χ2n) is 10.4. The van der Waals surface area contributed by atoms with Gasteiger partial charge in [-0.15, -0.1) is 0 Å². The van der Waals surface area contributed by atoms with Crippen LogP contribution in [0.1, 0.15) is 25.6 Å². The van der Waals surface area contributed by atoms with E-state index >= 15 is 4.39 Å². The number of rotatable bonds is 2. The number of anilines is 2. The van der Waals surface area contributed by atoms with E-state index in [9.17, 15) is 14.0 Å². The van der Waals surface area contributed by atoms with Crippen LogP contribution < -0.4 is 11.5 Å². The van der Waals surface area contributed by atoms with Crippen molar-refractivity contribution in [2.45, 2.75) is 56.2 Å². The predicted octanol–water partition coefficient (Wildman–Crippen LogP) is 2.69. The number of imidazole rings is 2. The van der Waals surface area contributed by atoms with Crippen LogP contribution in [0, 0.1) is 5.92 Å². The maximum absolute atomic E-state index is 16.1. The molecule has 4 aromatic heterocycles. The van der Waals surface area contributed by atoms with Gasteiger partial charge in [0.25, 0.3) is 0 Å². The van der Waals surface area contributed by atoms with Crippen molar-refractivity contribution in [3.63, 3.8) is 0 Å². The molecular formula is C21H25FN10O7P2S2. The van der Waals surface area contributed by atoms with E-state index in [2.05, 4.69) is 42.2 Å². The Kier molecular flexibility index (Phi) is 7.22. The quantitative estimate of drug-likeness (QED) is 0.177. The molecule has 0 amide bonds. The van der Waals surface area contributed by atoms with Gasteiger partial charge >= 0.3 is 13.6 Å². The normalized spacial score (nSPS) is 38.6. The highest BCUT2D eigenvalue weighted by Crippen LogP contribution is 2.64. The molecule has 4 aromatic rings. The number of fused-ring (bicyclic) bond motifs is 5. The molecule has 43 heavy (non-hydrogen) atoms. The van der Waals surface area contributed by atoms with Gasteiger partial charge in [0.05, 0.1) is 37.0 Å². The third kappa shape index (κ3) is 5.11. The van der Waals surface area contributed by atoms with Gasteiger partial charge in [0, 0.05) is 11.7 Å². The van der Waals surface area contributed by atoms with Crippen molar-refractivity contribution in [1.29, 1.82) is 0 Å². The van der Waals surface area contributed by atoms with Gasteiger partial charge in [-0.3, -0.25) is 18.1 Å². The Bertz CT molecular complexity index is 1820. The molecule has 6 heterocycles. The Morgan fingerprint density at radius 2 is 1.58 bits per heavy atom. The van der Waals surface area contributed by atoms with Gasteiger partial charge < -0.3 is 25.7 Å². The molecule has 2 bridgehead atoms. The number of alkyl halides is 1. The lowest BCUT2D eigenvalue weighted by Gasteiger charge is -2.29. The summed E-state index contributed by atoms with van der Waals surface area (Å²) >= 11 is 4.73. The van der Waals surface area contributed by atoms with Crippen molar-refractivity contribution in [2.75, 3.05) is 17.2 Å². The Balaban J connectivity index is 1.21. The van der Waals surface area contributed by atoms with Gasteiger partial charge in [-0.05, 0) is 17.8 Å². The van der Waals surface area contributed by atoms with Crippen molar-refractivity contribution in [1.82, 2.24) is 39.0 Å². The van der Waals surface area contributed by atoms with E-state index in [1.165, 1.54) is 29.9 Å². The molecule has 1 aliphatic carbocycles. The first kappa shape index (κ1) is 29.3. The summed E-state index contributed by atoms with van der Waals surface area (Å²) in [5.41, 5.74) is 13.0. The summed E-state index contributed by atoms with van der Waals surface area (Å²) in [5.74, 6) is -0.602. The molecule has 7 rings (SSSR count). The van der Waals surface area contributed by atoms with Crippen LogP contribution in [0.5, 0.6) is 0 Å². The Morgan fingerprint density at radius 1 is 0.953 bits per heavy atom. The number of hydrogen-bond acceptors (Lipinski definition) is 15. The van der Waals surface area contributed by atoms with Crippen LogP contribution in [-0.2, 0) is 27.4 Å². The first-order valence-corrected chi connectivity index (χ1v) is 18.8. The fourth-order valence-electron chi connectivity index (χ4n) is 5.77. The highest BCUT2D eigenvalue weighted by atomic mass is 32.7. The van der Waals surface area contributed by atoms with Crippen LogP contribution in [-0.4, -0.2) is 80.3 Å². The summed E-state index contributed by atoms with van der Waals surface area (Å²) in [6, 6.07) is -0.632. The highest BCUT2D eigenvalue weighted by molar-refractivity contribution is 8.54. The molecule has 2 saturated heterocycles. The summed E-state index contributed by atoms with van der Waals surface area (Å²) in [5, 5.41) is 0. The van der Waals surface area contributed by atoms with E-state index in [1.807, 2.05) is 0 Å². The average molecular weight is 675 g/mol. The first-order valence-electron chi connectivity index (χ1n) is 12.9. The SMILES string of the molecule is C[C@H]1C2OP(=O)(O)SC[C@H]3O[C@@H](n4cnc5c(N)ncnc54)[C@H](F)[C@@H]3OP(=O)(S)O[C@H]1C[C@H]2n1cnc2c(N)ncnc21. The maximum atomic E-state index is 16.1. The molecule has 0 radical (unpaired) electrons. The first-order chi connectivity index (χ1) is 20.4. The lowest BCUT2D eigenvalue weighted by Crippen LogP contribution is -2.33. The summed E-state index contributed by atoms with van der Waals surface area (Å²) in [6.07, 6.45) is -2.34. The zero-order chi connectivity index (χ0) is 30.3. The fraction of sp³-hybridized carbons (Fsp3) is 0.524. The number of nitrogens with zero attached hydrogens (tertiary/aromatic N) is 8. The molecule has 3 fully saturated rings. The van der Waals surface area contributed by atoms with Crippen LogP contribution in [0.15, 0.2) is 25.3 Å². The Hall–Kier alpha value is -2.41. The van der Waals surface area contributed by atoms with Crippen molar-refractivity contribution in [2.24, 2.45) is 5.92 Å². The standard InChI is InChI=1S/C21H25FN10O7P2S2/c1-8-10-2-9(31-6-29-13-17(23)25-4-27-19(13)31)15(8)38-40(33,34)43-3-11-16(39-41(35,42)37-10)12(22)21(36-11)32-7-30-14-18(24)26-5-28-20(14)32/h4-12,15-16,21H,2-3H2,1H3,(H,33,34)(H,35,42)(H2,23,25,27)(H2,24,26,28)/t8-,9-,10+,11-,12-,15?,16-,21-,41?/m1/s1. The zero-order valence-electron chi connectivity index (χ0n) is 22.1. The molecule has 2 aliphatic heterocycles. The van der Waals surface area contributed by atoms with E-state index in [0.717, 1.165) is 0 Å². The summed E-state index contributed by atoms with van der Waals surface area (Å²) in [4.78, 5) is 35.6. The fourth-order valence-corrected chi connectivity index (χ4v) is 10.5. The van der Waals surface area contributed by atoms with Gasteiger partial charge in [0.1, 0.15) is 29.8 Å². The Morgan fingerprint density at radius 3 is 2.26 bits per heavy atom. The highest BCUT2D eigenvalue weighted by Gasteiger charge is 2.54. The lowest BCUT2D eigenvalue weighted by atomic mass is 10.1. The van der Waals surface area contributed by atoms with Crippen LogP contribution in [0.4, 0.5) is 16.0 Å². The largest absolute Gasteiger partial charge is 0.386 e. The third-order valence-corrected chi connectivity index (χ3v) is 12.4. The molecule has 3 aliphatic rings. The number of aromatic nitrogens is 8. The molecule has 5 N–H and O–H groups in total. The maximum Gasteiger partial charge on any atom is 0.386 e. The average Bonchev–Trinajstić information content (AvgIpc) is 3.70. The summed E-state index contributed by atoms with van der Waals surface area (Å²) in [7, 11) is 0. The van der Waals surface area contributed by atoms with E-state index in [4.69, 9.17) is 29.8 Å². The van der Waals surface area contributed by atoms with Gasteiger partial charge in [0.15, 0.2) is 35.3 Å². The minimum atomic E-state index is -4.39. The third-order valence-electron chi connectivity index (χ3n) is 7.81. The molecular weight excluding hydrogens is 649 g/mol. The van der Waals surface area contributed by atoms with E-state index in [-0.39, 0.29) is 35.0 Å². The summed E-state index contributed by atoms with van der Waals surface area (Å²) < 4.78 is 69.5. The summed E-state index contributed by atoms with van der Waals surface area (Å²) in [6.45, 7) is -6.92. The number of halogens is 1. The molecule has 3 unspecified atom stereocenters. The molecule has 1 saturated carbocycles. The molecule has 230 valence electrons. The minimum absolute atomic E-state index is 0.0872. The van der Waals surface area contributed by atoms with E-state index in [0.29, 0.717) is 22.5 Å². The smallest absolute Gasteiger partial charge is 0.382 e. The van der Waals surface area contributed by atoms with E-state index < -0.39 is 62.4 Å². The number of hydrogen-bond donors (Lipinski definition) is 4. The van der Waals surface area contributed by atoms with Crippen LogP contribution in [0.3, 0.4) is 0 Å². The van der Waals surface area contributed by atoms with Crippen molar-refractivity contribution in [3.8, 4) is 0 Å². The minimum Gasteiger partial charge on any atom is -0.382 e. The van der Waals surface area contributed by atoms with Crippen molar-refractivity contribution < 1.29 is 36.7 Å². The van der Waals surface area contributed by atoms with Gasteiger partial charge in [-0.2, -0.15) is 0 Å². The Labute approximate surface area is 251 Å². The van der Waals surface area contributed by atoms with E-state index in [1.54, 1.807) is 11.5 Å². The second kappa shape index (κ2) is 10.6. The van der Waals surface area contributed by atoms with Gasteiger partial charge in [-0.25, -0.2) is 43.4 Å². The van der Waals surface area contributed by atoms with Crippen LogP contribution >= 0.6 is 37.2 Å². The monoisotopic (exact) mass is 674 g/mol. The number of nitrogens with two attached hydrogens (primary N) is 2. The zero-order valence-corrected chi connectivity index (χ0v) is 25.6. The number of nitrogen functional groups attached to an aromatic ring is 2. The lowest BCUT2D eigenvalue weighted by molar-refractivity contribution is -0.0115. The van der Waals surface area contributed by atoms with Crippen LogP contribution in [0.25, 0.3) is 22.3 Å². The molecule has 22 heteroatoms. The van der Waals surface area contributed by atoms with Gasteiger partial charge in [-0.1, -0.05) is 19.2 Å².